The van der Waals surface area contributed by atoms with Crippen molar-refractivity contribution in [2.45, 2.75) is 32.4 Å². The van der Waals surface area contributed by atoms with E-state index >= 15 is 0 Å². The molecule has 21 heavy (non-hydrogen) atoms. The van der Waals surface area contributed by atoms with Gasteiger partial charge in [-0.3, -0.25) is 9.59 Å². The lowest BCUT2D eigenvalue weighted by Gasteiger charge is -2.51. The Bertz CT molecular complexity index is 600. The number of para-hydroxylation sites is 1. The van der Waals surface area contributed by atoms with Crippen LogP contribution in [0.3, 0.4) is 0 Å². The SMILES string of the molecule is CCOC(=O)[C@H]1C(=O)N[C@@]2(C)Oc3ccccc3[C@H]1[C@@H]2C. The van der Waals surface area contributed by atoms with Gasteiger partial charge in [-0.05, 0) is 25.5 Å². The van der Waals surface area contributed by atoms with Crippen LogP contribution in [-0.2, 0) is 14.3 Å². The smallest absolute Gasteiger partial charge is 0.319 e. The first-order valence-corrected chi connectivity index (χ1v) is 7.24. The van der Waals surface area contributed by atoms with Crippen molar-refractivity contribution in [3.63, 3.8) is 0 Å². The number of esters is 1. The van der Waals surface area contributed by atoms with E-state index in [0.717, 1.165) is 11.3 Å². The van der Waals surface area contributed by atoms with Crippen LogP contribution >= 0.6 is 0 Å². The highest BCUT2D eigenvalue weighted by Crippen LogP contribution is 2.50. The molecule has 5 nitrogen and oxygen atoms in total. The van der Waals surface area contributed by atoms with E-state index in [1.165, 1.54) is 0 Å². The van der Waals surface area contributed by atoms with Gasteiger partial charge < -0.3 is 14.8 Å². The summed E-state index contributed by atoms with van der Waals surface area (Å²) in [6.07, 6.45) is 0. The van der Waals surface area contributed by atoms with Crippen molar-refractivity contribution in [2.75, 3.05) is 6.61 Å². The van der Waals surface area contributed by atoms with Crippen LogP contribution in [-0.4, -0.2) is 24.2 Å². The summed E-state index contributed by atoms with van der Waals surface area (Å²) in [7, 11) is 0. The molecule has 3 rings (SSSR count). The molecule has 2 heterocycles. The number of hydrogen-bond acceptors (Lipinski definition) is 4. The lowest BCUT2D eigenvalue weighted by Crippen LogP contribution is -2.66. The number of benzene rings is 1. The summed E-state index contributed by atoms with van der Waals surface area (Å²) >= 11 is 0. The van der Waals surface area contributed by atoms with Gasteiger partial charge in [0.15, 0.2) is 5.72 Å². The second-order valence-electron chi connectivity index (χ2n) is 5.78. The molecule has 1 amide bonds. The number of carbonyl (C=O) groups excluding carboxylic acids is 2. The van der Waals surface area contributed by atoms with E-state index in [2.05, 4.69) is 5.32 Å². The molecule has 1 saturated heterocycles. The van der Waals surface area contributed by atoms with Gasteiger partial charge in [0.2, 0.25) is 5.91 Å². The second-order valence-corrected chi connectivity index (χ2v) is 5.78. The van der Waals surface area contributed by atoms with Gasteiger partial charge in [0.25, 0.3) is 0 Å². The third kappa shape index (κ3) is 1.99. The molecule has 0 spiro atoms. The summed E-state index contributed by atoms with van der Waals surface area (Å²) in [6.45, 7) is 5.84. The maximum absolute atomic E-state index is 12.4. The average Bonchev–Trinajstić information content (AvgIpc) is 2.42. The number of nitrogens with one attached hydrogen (secondary N) is 1. The van der Waals surface area contributed by atoms with E-state index in [-0.39, 0.29) is 24.3 Å². The molecular weight excluding hydrogens is 270 g/mol. The highest BCUT2D eigenvalue weighted by Gasteiger charge is 2.56. The molecule has 2 bridgehead atoms. The van der Waals surface area contributed by atoms with Crippen LogP contribution < -0.4 is 10.1 Å². The van der Waals surface area contributed by atoms with Gasteiger partial charge in [0.1, 0.15) is 11.7 Å². The fourth-order valence-electron chi connectivity index (χ4n) is 3.36. The topological polar surface area (TPSA) is 64.6 Å². The first kappa shape index (κ1) is 13.9. The van der Waals surface area contributed by atoms with E-state index in [1.807, 2.05) is 38.1 Å². The van der Waals surface area contributed by atoms with Crippen molar-refractivity contribution >= 4 is 11.9 Å². The van der Waals surface area contributed by atoms with E-state index in [9.17, 15) is 9.59 Å². The summed E-state index contributed by atoms with van der Waals surface area (Å²) in [5, 5.41) is 2.84. The van der Waals surface area contributed by atoms with Gasteiger partial charge in [-0.2, -0.15) is 0 Å². The van der Waals surface area contributed by atoms with Crippen molar-refractivity contribution in [3.05, 3.63) is 29.8 Å². The van der Waals surface area contributed by atoms with Gasteiger partial charge in [0, 0.05) is 11.8 Å². The van der Waals surface area contributed by atoms with Gasteiger partial charge in [0.05, 0.1) is 6.61 Å². The third-order valence-electron chi connectivity index (χ3n) is 4.56. The molecule has 2 aliphatic rings. The lowest BCUT2D eigenvalue weighted by molar-refractivity contribution is -0.165. The molecule has 1 aromatic rings. The van der Waals surface area contributed by atoms with Gasteiger partial charge in [-0.25, -0.2) is 0 Å². The minimum Gasteiger partial charge on any atom is -0.468 e. The van der Waals surface area contributed by atoms with Crippen molar-refractivity contribution in [2.24, 2.45) is 11.8 Å². The van der Waals surface area contributed by atoms with Crippen LogP contribution in [0.15, 0.2) is 24.3 Å². The molecule has 112 valence electrons. The zero-order valence-corrected chi connectivity index (χ0v) is 12.4. The summed E-state index contributed by atoms with van der Waals surface area (Å²) in [5.74, 6) is -1.15. The fraction of sp³-hybridized carbons (Fsp3) is 0.500. The van der Waals surface area contributed by atoms with Crippen LogP contribution in [0.25, 0.3) is 0 Å². The van der Waals surface area contributed by atoms with E-state index in [1.54, 1.807) is 6.92 Å². The first-order chi connectivity index (χ1) is 9.98. The maximum atomic E-state index is 12.4. The minimum atomic E-state index is -0.821. The second kappa shape index (κ2) is 4.76. The highest BCUT2D eigenvalue weighted by atomic mass is 16.5. The highest BCUT2D eigenvalue weighted by molar-refractivity contribution is 6.00. The standard InChI is InChI=1S/C16H19NO4/c1-4-20-15(19)13-12-9(2)16(3,17-14(13)18)21-11-8-6-5-7-10(11)12/h5-9,12-13H,4H2,1-3H3,(H,17,18)/t9-,12+,13+,16-/m0/s1. The number of rotatable bonds is 2. The number of ether oxygens (including phenoxy) is 2. The van der Waals surface area contributed by atoms with Crippen LogP contribution in [0, 0.1) is 11.8 Å². The van der Waals surface area contributed by atoms with Gasteiger partial charge >= 0.3 is 5.97 Å². The van der Waals surface area contributed by atoms with Crippen LogP contribution in [0.4, 0.5) is 0 Å². The molecule has 0 saturated carbocycles. The molecule has 0 aliphatic carbocycles. The Hall–Kier alpha value is -2.04. The normalized spacial score (nSPS) is 33.5. The van der Waals surface area contributed by atoms with E-state index in [4.69, 9.17) is 9.47 Å². The summed E-state index contributed by atoms with van der Waals surface area (Å²) in [5.41, 5.74) is 0.106. The number of hydrogen-bond donors (Lipinski definition) is 1. The van der Waals surface area contributed by atoms with Crippen LogP contribution in [0.2, 0.25) is 0 Å². The molecule has 1 fully saturated rings. The largest absolute Gasteiger partial charge is 0.468 e. The Morgan fingerprint density at radius 2 is 2.14 bits per heavy atom. The molecular formula is C16H19NO4. The zero-order chi connectivity index (χ0) is 15.2. The molecule has 4 atom stereocenters. The Labute approximate surface area is 123 Å². The molecule has 1 aromatic carbocycles. The molecule has 0 radical (unpaired) electrons. The minimum absolute atomic E-state index is 0.0282. The average molecular weight is 289 g/mol. The van der Waals surface area contributed by atoms with E-state index < -0.39 is 17.6 Å². The van der Waals surface area contributed by atoms with Crippen molar-refractivity contribution in [1.29, 1.82) is 0 Å². The monoisotopic (exact) mass is 289 g/mol. The molecule has 0 aromatic heterocycles. The molecule has 1 N–H and O–H groups in total. The van der Waals surface area contributed by atoms with Crippen molar-refractivity contribution < 1.29 is 19.1 Å². The number of fused-ring (bicyclic) bond motifs is 4. The molecule has 5 heteroatoms. The fourth-order valence-corrected chi connectivity index (χ4v) is 3.36. The van der Waals surface area contributed by atoms with Crippen molar-refractivity contribution in [1.82, 2.24) is 5.32 Å². The van der Waals surface area contributed by atoms with Gasteiger partial charge in [-0.1, -0.05) is 25.1 Å². The van der Waals surface area contributed by atoms with Crippen LogP contribution in [0.1, 0.15) is 32.3 Å². The number of carbonyl (C=O) groups is 2. The predicted molar refractivity (Wildman–Crippen MR) is 75.6 cm³/mol. The number of amides is 1. The quantitative estimate of drug-likeness (QED) is 0.666. The summed E-state index contributed by atoms with van der Waals surface area (Å²) in [6, 6.07) is 7.56. The van der Waals surface area contributed by atoms with Crippen LogP contribution in [0.5, 0.6) is 5.75 Å². The predicted octanol–water partition coefficient (Wildman–Crippen LogP) is 1.82. The lowest BCUT2D eigenvalue weighted by atomic mass is 9.68. The Kier molecular flexibility index (Phi) is 3.15. The molecule has 0 unspecified atom stereocenters. The first-order valence-electron chi connectivity index (χ1n) is 7.24. The van der Waals surface area contributed by atoms with Crippen molar-refractivity contribution in [3.8, 4) is 5.75 Å². The number of piperidine rings is 1. The van der Waals surface area contributed by atoms with E-state index in [0.29, 0.717) is 0 Å². The summed E-state index contributed by atoms with van der Waals surface area (Å²) < 4.78 is 11.1. The Morgan fingerprint density at radius 1 is 1.43 bits per heavy atom. The zero-order valence-electron chi connectivity index (χ0n) is 12.4. The van der Waals surface area contributed by atoms with Gasteiger partial charge in [-0.15, -0.1) is 0 Å². The third-order valence-corrected chi connectivity index (χ3v) is 4.56. The molecule has 2 aliphatic heterocycles. The maximum Gasteiger partial charge on any atom is 0.319 e. The Balaban J connectivity index is 2.10. The Morgan fingerprint density at radius 3 is 2.86 bits per heavy atom. The summed E-state index contributed by atoms with van der Waals surface area (Å²) in [4.78, 5) is 24.6.